The SMILES string of the molecule is CCN(CC)[C@H]1CN(C(=O)OC(C)(C)C)C[C@@H]1CN. The van der Waals surface area contributed by atoms with Crippen molar-refractivity contribution in [2.75, 3.05) is 32.7 Å². The van der Waals surface area contributed by atoms with E-state index in [9.17, 15) is 4.79 Å². The smallest absolute Gasteiger partial charge is 0.410 e. The van der Waals surface area contributed by atoms with E-state index in [0.717, 1.165) is 19.6 Å². The van der Waals surface area contributed by atoms with Crippen LogP contribution in [-0.4, -0.2) is 60.3 Å². The summed E-state index contributed by atoms with van der Waals surface area (Å²) in [6.07, 6.45) is -0.222. The molecular formula is C14H29N3O2. The molecule has 5 nitrogen and oxygen atoms in total. The molecule has 0 unspecified atom stereocenters. The van der Waals surface area contributed by atoms with Gasteiger partial charge in [0.05, 0.1) is 0 Å². The zero-order chi connectivity index (χ0) is 14.6. The van der Waals surface area contributed by atoms with Crippen molar-refractivity contribution in [1.29, 1.82) is 0 Å². The number of amides is 1. The lowest BCUT2D eigenvalue weighted by atomic mass is 10.0. The number of carbonyl (C=O) groups is 1. The third kappa shape index (κ3) is 4.35. The highest BCUT2D eigenvalue weighted by molar-refractivity contribution is 5.68. The number of rotatable bonds is 4. The number of ether oxygens (including phenoxy) is 1. The maximum atomic E-state index is 12.1. The van der Waals surface area contributed by atoms with E-state index in [1.54, 1.807) is 4.90 Å². The van der Waals surface area contributed by atoms with Gasteiger partial charge >= 0.3 is 6.09 Å². The van der Waals surface area contributed by atoms with E-state index < -0.39 is 5.60 Å². The Balaban J connectivity index is 2.68. The molecule has 5 heteroatoms. The maximum Gasteiger partial charge on any atom is 0.410 e. The molecule has 1 heterocycles. The summed E-state index contributed by atoms with van der Waals surface area (Å²) in [7, 11) is 0. The lowest BCUT2D eigenvalue weighted by molar-refractivity contribution is 0.0279. The highest BCUT2D eigenvalue weighted by atomic mass is 16.6. The van der Waals surface area contributed by atoms with Crippen LogP contribution in [0.15, 0.2) is 0 Å². The quantitative estimate of drug-likeness (QED) is 0.842. The van der Waals surface area contributed by atoms with E-state index in [1.165, 1.54) is 0 Å². The molecule has 1 aliphatic heterocycles. The third-order valence-corrected chi connectivity index (χ3v) is 3.64. The number of hydrogen-bond acceptors (Lipinski definition) is 4. The van der Waals surface area contributed by atoms with Gasteiger partial charge in [0, 0.05) is 25.0 Å². The van der Waals surface area contributed by atoms with Crippen molar-refractivity contribution in [2.45, 2.75) is 46.3 Å². The Bertz CT molecular complexity index is 298. The lowest BCUT2D eigenvalue weighted by Crippen LogP contribution is -2.43. The average molecular weight is 271 g/mol. The molecular weight excluding hydrogens is 242 g/mol. The molecule has 0 aromatic rings. The largest absolute Gasteiger partial charge is 0.444 e. The molecule has 1 amide bonds. The summed E-state index contributed by atoms with van der Waals surface area (Å²) < 4.78 is 5.44. The van der Waals surface area contributed by atoms with Gasteiger partial charge in [-0.1, -0.05) is 13.8 Å². The summed E-state index contributed by atoms with van der Waals surface area (Å²) in [6, 6.07) is 0.354. The number of nitrogens with zero attached hydrogens (tertiary/aromatic N) is 2. The van der Waals surface area contributed by atoms with E-state index in [0.29, 0.717) is 25.0 Å². The average Bonchev–Trinajstić information content (AvgIpc) is 2.73. The summed E-state index contributed by atoms with van der Waals surface area (Å²) in [6.45, 7) is 14.0. The fourth-order valence-corrected chi connectivity index (χ4v) is 2.67. The third-order valence-electron chi connectivity index (χ3n) is 3.64. The number of hydrogen-bond donors (Lipinski definition) is 1. The first-order valence-corrected chi connectivity index (χ1v) is 7.24. The summed E-state index contributed by atoms with van der Waals surface area (Å²) in [5, 5.41) is 0. The van der Waals surface area contributed by atoms with Crippen LogP contribution >= 0.6 is 0 Å². The minimum atomic E-state index is -0.442. The molecule has 0 spiro atoms. The van der Waals surface area contributed by atoms with Gasteiger partial charge < -0.3 is 15.4 Å². The minimum absolute atomic E-state index is 0.222. The Morgan fingerprint density at radius 1 is 1.32 bits per heavy atom. The van der Waals surface area contributed by atoms with Gasteiger partial charge in [-0.25, -0.2) is 4.79 Å². The molecule has 1 rings (SSSR count). The summed E-state index contributed by atoms with van der Waals surface area (Å²) >= 11 is 0. The van der Waals surface area contributed by atoms with E-state index in [1.807, 2.05) is 20.8 Å². The van der Waals surface area contributed by atoms with Crippen LogP contribution in [0.4, 0.5) is 4.79 Å². The molecule has 0 saturated carbocycles. The molecule has 0 bridgehead atoms. The van der Waals surface area contributed by atoms with Crippen molar-refractivity contribution in [3.05, 3.63) is 0 Å². The topological polar surface area (TPSA) is 58.8 Å². The normalized spacial score (nSPS) is 24.1. The van der Waals surface area contributed by atoms with Gasteiger partial charge in [0.2, 0.25) is 0 Å². The second-order valence-corrected chi connectivity index (χ2v) is 6.17. The van der Waals surface area contributed by atoms with Crippen LogP contribution in [0.25, 0.3) is 0 Å². The summed E-state index contributed by atoms with van der Waals surface area (Å²) in [5.41, 5.74) is 5.41. The Labute approximate surface area is 117 Å². The Morgan fingerprint density at radius 3 is 2.32 bits per heavy atom. The van der Waals surface area contributed by atoms with Crippen molar-refractivity contribution in [2.24, 2.45) is 11.7 Å². The molecule has 0 aromatic carbocycles. The van der Waals surface area contributed by atoms with E-state index in [-0.39, 0.29) is 6.09 Å². The zero-order valence-corrected chi connectivity index (χ0v) is 13.0. The van der Waals surface area contributed by atoms with Gasteiger partial charge in [0.25, 0.3) is 0 Å². The zero-order valence-electron chi connectivity index (χ0n) is 13.0. The molecule has 19 heavy (non-hydrogen) atoms. The Hall–Kier alpha value is -0.810. The monoisotopic (exact) mass is 271 g/mol. The molecule has 0 aliphatic carbocycles. The summed E-state index contributed by atoms with van der Waals surface area (Å²) in [4.78, 5) is 16.3. The van der Waals surface area contributed by atoms with Gasteiger partial charge in [0.15, 0.2) is 0 Å². The van der Waals surface area contributed by atoms with Crippen LogP contribution in [-0.2, 0) is 4.74 Å². The van der Waals surface area contributed by atoms with Crippen LogP contribution in [0, 0.1) is 5.92 Å². The van der Waals surface area contributed by atoms with Gasteiger partial charge in [-0.05, 0) is 40.4 Å². The van der Waals surface area contributed by atoms with Crippen molar-refractivity contribution in [1.82, 2.24) is 9.80 Å². The van der Waals surface area contributed by atoms with Gasteiger partial charge in [-0.3, -0.25) is 4.90 Å². The van der Waals surface area contributed by atoms with Crippen molar-refractivity contribution in [3.8, 4) is 0 Å². The summed E-state index contributed by atoms with van der Waals surface area (Å²) in [5.74, 6) is 0.340. The molecule has 112 valence electrons. The highest BCUT2D eigenvalue weighted by Crippen LogP contribution is 2.23. The van der Waals surface area contributed by atoms with Gasteiger partial charge in [0.1, 0.15) is 5.60 Å². The first-order chi connectivity index (χ1) is 8.82. The Kier molecular flexibility index (Phi) is 5.62. The number of likely N-dealkylation sites (N-methyl/N-ethyl adjacent to an activating group) is 1. The predicted molar refractivity (Wildman–Crippen MR) is 77.1 cm³/mol. The second kappa shape index (κ2) is 6.57. The van der Waals surface area contributed by atoms with E-state index >= 15 is 0 Å². The van der Waals surface area contributed by atoms with E-state index in [4.69, 9.17) is 10.5 Å². The second-order valence-electron chi connectivity index (χ2n) is 6.17. The standard InChI is InChI=1S/C14H29N3O2/c1-6-16(7-2)12-10-17(9-11(12)8-15)13(18)19-14(3,4)5/h11-12H,6-10,15H2,1-5H3/t11-,12-/m0/s1. The molecule has 0 aromatic heterocycles. The first-order valence-electron chi connectivity index (χ1n) is 7.24. The van der Waals surface area contributed by atoms with Crippen LogP contribution in [0.1, 0.15) is 34.6 Å². The van der Waals surface area contributed by atoms with Crippen LogP contribution < -0.4 is 5.73 Å². The molecule has 1 aliphatic rings. The minimum Gasteiger partial charge on any atom is -0.444 e. The molecule has 2 atom stereocenters. The molecule has 1 fully saturated rings. The fraction of sp³-hybridized carbons (Fsp3) is 0.929. The first kappa shape index (κ1) is 16.2. The molecule has 1 saturated heterocycles. The predicted octanol–water partition coefficient (Wildman–Crippen LogP) is 1.52. The molecule has 2 N–H and O–H groups in total. The fourth-order valence-electron chi connectivity index (χ4n) is 2.67. The van der Waals surface area contributed by atoms with Crippen molar-refractivity contribution >= 4 is 6.09 Å². The number of nitrogens with two attached hydrogens (primary N) is 1. The van der Waals surface area contributed by atoms with Gasteiger partial charge in [-0.2, -0.15) is 0 Å². The maximum absolute atomic E-state index is 12.1. The van der Waals surface area contributed by atoms with Gasteiger partial charge in [-0.15, -0.1) is 0 Å². The molecule has 0 radical (unpaired) electrons. The van der Waals surface area contributed by atoms with Crippen LogP contribution in [0.5, 0.6) is 0 Å². The number of carbonyl (C=O) groups excluding carboxylic acids is 1. The number of likely N-dealkylation sites (tertiary alicyclic amines) is 1. The van der Waals surface area contributed by atoms with E-state index in [2.05, 4.69) is 18.7 Å². The Morgan fingerprint density at radius 2 is 1.89 bits per heavy atom. The van der Waals surface area contributed by atoms with Crippen molar-refractivity contribution < 1.29 is 9.53 Å². The lowest BCUT2D eigenvalue weighted by Gasteiger charge is -2.29. The van der Waals surface area contributed by atoms with Crippen LogP contribution in [0.3, 0.4) is 0 Å². The van der Waals surface area contributed by atoms with Crippen molar-refractivity contribution in [3.63, 3.8) is 0 Å². The van der Waals surface area contributed by atoms with Crippen LogP contribution in [0.2, 0.25) is 0 Å². The highest BCUT2D eigenvalue weighted by Gasteiger charge is 2.38.